The molecule has 0 saturated carbocycles. The van der Waals surface area contributed by atoms with Crippen molar-refractivity contribution >= 4 is 21.9 Å². The number of carboxylic acids is 1. The molecule has 3 nitrogen and oxygen atoms in total. The minimum Gasteiger partial charge on any atom is -0.480 e. The van der Waals surface area contributed by atoms with Crippen LogP contribution in [0.3, 0.4) is 0 Å². The van der Waals surface area contributed by atoms with Crippen LogP contribution in [0.15, 0.2) is 22.7 Å². The molecule has 0 saturated heterocycles. The Balaban J connectivity index is 3.24. The summed E-state index contributed by atoms with van der Waals surface area (Å²) < 4.78 is 37.3. The van der Waals surface area contributed by atoms with Gasteiger partial charge < -0.3 is 10.8 Å². The van der Waals surface area contributed by atoms with E-state index < -0.39 is 23.8 Å². The van der Waals surface area contributed by atoms with Crippen molar-refractivity contribution in [2.45, 2.75) is 12.2 Å². The van der Waals surface area contributed by atoms with Crippen LogP contribution >= 0.6 is 15.9 Å². The normalized spacial score (nSPS) is 13.6. The minimum absolute atomic E-state index is 0.109. The van der Waals surface area contributed by atoms with Gasteiger partial charge in [0.05, 0.1) is 5.56 Å². The molecular weight excluding hydrogens is 291 g/mol. The molecule has 0 radical (unpaired) electrons. The number of hydrogen-bond acceptors (Lipinski definition) is 2. The van der Waals surface area contributed by atoms with E-state index in [1.807, 2.05) is 0 Å². The number of halogens is 4. The second-order valence-electron chi connectivity index (χ2n) is 3.05. The minimum atomic E-state index is -4.52. The molecule has 0 bridgehead atoms. The number of hydrogen-bond donors (Lipinski definition) is 2. The van der Waals surface area contributed by atoms with Crippen LogP contribution in [0.25, 0.3) is 0 Å². The molecule has 0 heterocycles. The molecule has 16 heavy (non-hydrogen) atoms. The lowest BCUT2D eigenvalue weighted by Crippen LogP contribution is -2.21. The summed E-state index contributed by atoms with van der Waals surface area (Å²) in [6, 6.07) is 1.21. The van der Waals surface area contributed by atoms with Crippen molar-refractivity contribution in [1.29, 1.82) is 0 Å². The fraction of sp³-hybridized carbons (Fsp3) is 0.222. The number of carboxylic acid groups (broad SMARTS) is 1. The first kappa shape index (κ1) is 13.0. The lowest BCUT2D eigenvalue weighted by Gasteiger charge is -2.13. The number of nitrogens with two attached hydrogens (primary N) is 1. The highest BCUT2D eigenvalue weighted by molar-refractivity contribution is 9.10. The van der Waals surface area contributed by atoms with Crippen molar-refractivity contribution in [2.24, 2.45) is 5.73 Å². The van der Waals surface area contributed by atoms with E-state index in [9.17, 15) is 18.0 Å². The Morgan fingerprint density at radius 3 is 2.44 bits per heavy atom. The molecule has 0 spiro atoms. The number of alkyl halides is 3. The zero-order valence-corrected chi connectivity index (χ0v) is 9.34. The third kappa shape index (κ3) is 2.73. The van der Waals surface area contributed by atoms with Crippen LogP contribution < -0.4 is 5.73 Å². The Hall–Kier alpha value is -1.08. The van der Waals surface area contributed by atoms with Gasteiger partial charge >= 0.3 is 12.1 Å². The largest absolute Gasteiger partial charge is 0.480 e. The van der Waals surface area contributed by atoms with E-state index >= 15 is 0 Å². The predicted molar refractivity (Wildman–Crippen MR) is 53.7 cm³/mol. The second-order valence-corrected chi connectivity index (χ2v) is 3.90. The summed E-state index contributed by atoms with van der Waals surface area (Å²) >= 11 is 2.96. The standard InChI is InChI=1S/C9H7BrF3NO2/c10-6-2-1-4(9(11,12)13)3-5(6)7(14)8(15)16/h1-3,7H,14H2,(H,15,16)/t7-/m1/s1. The van der Waals surface area contributed by atoms with Crippen molar-refractivity contribution in [2.75, 3.05) is 0 Å². The van der Waals surface area contributed by atoms with E-state index in [0.717, 1.165) is 18.2 Å². The molecule has 1 rings (SSSR count). The molecule has 1 aromatic carbocycles. The molecule has 0 fully saturated rings. The van der Waals surface area contributed by atoms with E-state index in [-0.39, 0.29) is 10.0 Å². The maximum absolute atomic E-state index is 12.4. The summed E-state index contributed by atoms with van der Waals surface area (Å²) in [5.41, 5.74) is 4.22. The average molecular weight is 298 g/mol. The summed E-state index contributed by atoms with van der Waals surface area (Å²) in [5, 5.41) is 8.63. The van der Waals surface area contributed by atoms with E-state index in [4.69, 9.17) is 10.8 Å². The molecule has 0 aliphatic heterocycles. The summed E-state index contributed by atoms with van der Waals surface area (Å²) in [6.45, 7) is 0. The lowest BCUT2D eigenvalue weighted by molar-refractivity contribution is -0.140. The van der Waals surface area contributed by atoms with Gasteiger partial charge in [-0.1, -0.05) is 15.9 Å². The predicted octanol–water partition coefficient (Wildman–Crippen LogP) is 2.55. The SMILES string of the molecule is N[C@@H](C(=O)O)c1cc(C(F)(F)F)ccc1Br. The van der Waals surface area contributed by atoms with Crippen molar-refractivity contribution < 1.29 is 23.1 Å². The Labute approximate surface area is 97.2 Å². The number of rotatable bonds is 2. The van der Waals surface area contributed by atoms with Gasteiger partial charge in [-0.15, -0.1) is 0 Å². The highest BCUT2D eigenvalue weighted by Gasteiger charge is 2.32. The molecule has 0 unspecified atom stereocenters. The molecule has 88 valence electrons. The Bertz CT molecular complexity index is 420. The maximum atomic E-state index is 12.4. The van der Waals surface area contributed by atoms with E-state index in [1.54, 1.807) is 0 Å². The Morgan fingerprint density at radius 1 is 1.44 bits per heavy atom. The molecule has 1 atom stereocenters. The zero-order valence-electron chi connectivity index (χ0n) is 7.75. The van der Waals surface area contributed by atoms with Crippen LogP contribution in [-0.4, -0.2) is 11.1 Å². The van der Waals surface area contributed by atoms with Crippen LogP contribution in [0.5, 0.6) is 0 Å². The van der Waals surface area contributed by atoms with Crippen LogP contribution in [0.4, 0.5) is 13.2 Å². The van der Waals surface area contributed by atoms with Gasteiger partial charge in [-0.2, -0.15) is 13.2 Å². The fourth-order valence-corrected chi connectivity index (χ4v) is 1.58. The van der Waals surface area contributed by atoms with Crippen molar-refractivity contribution in [3.8, 4) is 0 Å². The number of benzene rings is 1. The van der Waals surface area contributed by atoms with Gasteiger partial charge in [0.2, 0.25) is 0 Å². The Kier molecular flexibility index (Phi) is 3.59. The van der Waals surface area contributed by atoms with Gasteiger partial charge in [-0.25, -0.2) is 0 Å². The van der Waals surface area contributed by atoms with Crippen LogP contribution in [0.1, 0.15) is 17.2 Å². The van der Waals surface area contributed by atoms with Gasteiger partial charge in [0.25, 0.3) is 0 Å². The van der Waals surface area contributed by atoms with Crippen molar-refractivity contribution in [3.05, 3.63) is 33.8 Å². The average Bonchev–Trinajstić information content (AvgIpc) is 2.15. The molecule has 0 aromatic heterocycles. The van der Waals surface area contributed by atoms with E-state index in [0.29, 0.717) is 0 Å². The number of carbonyl (C=O) groups is 1. The van der Waals surface area contributed by atoms with Gasteiger partial charge in [0.15, 0.2) is 0 Å². The fourth-order valence-electron chi connectivity index (χ4n) is 1.09. The second kappa shape index (κ2) is 4.42. The summed E-state index contributed by atoms with van der Waals surface area (Å²) in [7, 11) is 0. The zero-order chi connectivity index (χ0) is 12.5. The first-order valence-corrected chi connectivity index (χ1v) is 4.88. The van der Waals surface area contributed by atoms with Gasteiger partial charge in [0, 0.05) is 4.47 Å². The summed E-state index contributed by atoms with van der Waals surface area (Å²) in [4.78, 5) is 10.6. The van der Waals surface area contributed by atoms with E-state index in [1.165, 1.54) is 0 Å². The molecule has 7 heteroatoms. The third-order valence-electron chi connectivity index (χ3n) is 1.92. The van der Waals surface area contributed by atoms with Crippen molar-refractivity contribution in [3.63, 3.8) is 0 Å². The molecule has 0 aliphatic carbocycles. The topological polar surface area (TPSA) is 63.3 Å². The lowest BCUT2D eigenvalue weighted by atomic mass is 10.0. The van der Waals surface area contributed by atoms with Crippen LogP contribution in [-0.2, 0) is 11.0 Å². The maximum Gasteiger partial charge on any atom is 0.416 e. The molecule has 3 N–H and O–H groups in total. The van der Waals surface area contributed by atoms with Gasteiger partial charge in [0.1, 0.15) is 6.04 Å². The van der Waals surface area contributed by atoms with Crippen molar-refractivity contribution in [1.82, 2.24) is 0 Å². The molecule has 0 aliphatic rings. The summed E-state index contributed by atoms with van der Waals surface area (Å²) in [5.74, 6) is -1.39. The summed E-state index contributed by atoms with van der Waals surface area (Å²) in [6.07, 6.45) is -4.52. The first-order valence-electron chi connectivity index (χ1n) is 4.08. The van der Waals surface area contributed by atoms with E-state index in [2.05, 4.69) is 15.9 Å². The first-order chi connectivity index (χ1) is 7.23. The number of aliphatic carboxylic acids is 1. The quantitative estimate of drug-likeness (QED) is 0.882. The molecule has 0 amide bonds. The molecule has 1 aromatic rings. The highest BCUT2D eigenvalue weighted by Crippen LogP contribution is 2.33. The third-order valence-corrected chi connectivity index (χ3v) is 2.65. The molecular formula is C9H7BrF3NO2. The van der Waals surface area contributed by atoms with Crippen LogP contribution in [0, 0.1) is 0 Å². The highest BCUT2D eigenvalue weighted by atomic mass is 79.9. The van der Waals surface area contributed by atoms with Crippen LogP contribution in [0.2, 0.25) is 0 Å². The smallest absolute Gasteiger partial charge is 0.416 e. The Morgan fingerprint density at radius 2 is 2.00 bits per heavy atom. The van der Waals surface area contributed by atoms with Gasteiger partial charge in [-0.3, -0.25) is 4.79 Å². The monoisotopic (exact) mass is 297 g/mol. The van der Waals surface area contributed by atoms with Gasteiger partial charge in [-0.05, 0) is 23.8 Å².